The number of hydrogen-bond donors (Lipinski definition) is 1. The average Bonchev–Trinajstić information content (AvgIpc) is 2.87. The first-order valence-corrected chi connectivity index (χ1v) is 6.12. The summed E-state index contributed by atoms with van der Waals surface area (Å²) in [5.41, 5.74) is 0.634. The van der Waals surface area contributed by atoms with Gasteiger partial charge in [0, 0.05) is 12.6 Å². The summed E-state index contributed by atoms with van der Waals surface area (Å²) in [5, 5.41) is 16.3. The van der Waals surface area contributed by atoms with Gasteiger partial charge in [0.2, 0.25) is 0 Å². The molecule has 0 aliphatic heterocycles. The molecule has 0 unspecified atom stereocenters. The van der Waals surface area contributed by atoms with E-state index in [4.69, 9.17) is 9.84 Å². The largest absolute Gasteiger partial charge is 0.492 e. The van der Waals surface area contributed by atoms with E-state index >= 15 is 0 Å². The normalized spacial score (nSPS) is 10.4. The van der Waals surface area contributed by atoms with Crippen molar-refractivity contribution in [3.8, 4) is 5.75 Å². The van der Waals surface area contributed by atoms with Gasteiger partial charge >= 0.3 is 5.97 Å². The standard InChI is InChI=1S/C13H14FN3O3/c14-10-1-4-12(5-2-10)20-8-7-17-9-11(15-16-17)3-6-13(18)19/h1-2,4-5,9H,3,6-8H2,(H,18,19). The van der Waals surface area contributed by atoms with E-state index in [1.165, 1.54) is 12.1 Å². The van der Waals surface area contributed by atoms with Crippen molar-refractivity contribution in [2.75, 3.05) is 6.61 Å². The highest BCUT2D eigenvalue weighted by Crippen LogP contribution is 2.10. The summed E-state index contributed by atoms with van der Waals surface area (Å²) < 4.78 is 19.7. The van der Waals surface area contributed by atoms with Gasteiger partial charge < -0.3 is 9.84 Å². The number of nitrogens with zero attached hydrogens (tertiary/aromatic N) is 3. The predicted octanol–water partition coefficient (Wildman–Crippen LogP) is 1.51. The van der Waals surface area contributed by atoms with E-state index in [9.17, 15) is 9.18 Å². The predicted molar refractivity (Wildman–Crippen MR) is 67.9 cm³/mol. The Morgan fingerprint density at radius 2 is 2.10 bits per heavy atom. The van der Waals surface area contributed by atoms with Crippen molar-refractivity contribution in [2.45, 2.75) is 19.4 Å². The van der Waals surface area contributed by atoms with E-state index in [1.807, 2.05) is 0 Å². The van der Waals surface area contributed by atoms with E-state index in [0.717, 1.165) is 0 Å². The molecule has 0 aliphatic rings. The Kier molecular flexibility index (Phi) is 4.65. The smallest absolute Gasteiger partial charge is 0.303 e. The van der Waals surface area contributed by atoms with Crippen LogP contribution in [0.25, 0.3) is 0 Å². The fourth-order valence-electron chi connectivity index (χ4n) is 1.59. The molecule has 7 heteroatoms. The Labute approximate surface area is 114 Å². The van der Waals surface area contributed by atoms with Gasteiger partial charge in [-0.25, -0.2) is 9.07 Å². The van der Waals surface area contributed by atoms with Gasteiger partial charge in [0.1, 0.15) is 18.2 Å². The molecule has 0 fully saturated rings. The summed E-state index contributed by atoms with van der Waals surface area (Å²) >= 11 is 0. The first-order chi connectivity index (χ1) is 9.63. The Hall–Kier alpha value is -2.44. The van der Waals surface area contributed by atoms with Crippen molar-refractivity contribution in [1.29, 1.82) is 0 Å². The maximum Gasteiger partial charge on any atom is 0.303 e. The van der Waals surface area contributed by atoms with Crippen molar-refractivity contribution in [3.63, 3.8) is 0 Å². The number of rotatable bonds is 7. The molecule has 1 heterocycles. The third kappa shape index (κ3) is 4.34. The molecule has 0 amide bonds. The Morgan fingerprint density at radius 1 is 1.35 bits per heavy atom. The first-order valence-electron chi connectivity index (χ1n) is 6.12. The van der Waals surface area contributed by atoms with Crippen LogP contribution < -0.4 is 4.74 Å². The number of aliphatic carboxylic acids is 1. The van der Waals surface area contributed by atoms with E-state index < -0.39 is 5.97 Å². The number of carboxylic acids is 1. The number of aryl methyl sites for hydroxylation is 1. The van der Waals surface area contributed by atoms with Gasteiger partial charge in [0.15, 0.2) is 0 Å². The second-order valence-electron chi connectivity index (χ2n) is 4.17. The highest BCUT2D eigenvalue weighted by Gasteiger charge is 2.04. The van der Waals surface area contributed by atoms with Crippen LogP contribution in [0.1, 0.15) is 12.1 Å². The molecule has 6 nitrogen and oxygen atoms in total. The highest BCUT2D eigenvalue weighted by molar-refractivity contribution is 5.66. The molecule has 0 atom stereocenters. The molecule has 0 aliphatic carbocycles. The van der Waals surface area contributed by atoms with Gasteiger partial charge in [-0.3, -0.25) is 4.79 Å². The highest BCUT2D eigenvalue weighted by atomic mass is 19.1. The second kappa shape index (κ2) is 6.65. The molecule has 2 rings (SSSR count). The molecule has 0 radical (unpaired) electrons. The van der Waals surface area contributed by atoms with Crippen LogP contribution in [0.4, 0.5) is 4.39 Å². The number of hydrogen-bond acceptors (Lipinski definition) is 4. The molecule has 2 aromatic rings. The zero-order valence-corrected chi connectivity index (χ0v) is 10.7. The van der Waals surface area contributed by atoms with Crippen molar-refractivity contribution in [2.24, 2.45) is 0 Å². The number of carboxylic acid groups (broad SMARTS) is 1. The Morgan fingerprint density at radius 3 is 2.80 bits per heavy atom. The van der Waals surface area contributed by atoms with Crippen LogP contribution >= 0.6 is 0 Å². The average molecular weight is 279 g/mol. The van der Waals surface area contributed by atoms with Gasteiger partial charge in [0.05, 0.1) is 18.7 Å². The zero-order valence-electron chi connectivity index (χ0n) is 10.7. The van der Waals surface area contributed by atoms with Crippen LogP contribution in [0.5, 0.6) is 5.75 Å². The minimum atomic E-state index is -0.862. The minimum Gasteiger partial charge on any atom is -0.492 e. The molecule has 1 aromatic carbocycles. The van der Waals surface area contributed by atoms with Gasteiger partial charge in [-0.2, -0.15) is 0 Å². The van der Waals surface area contributed by atoms with Crippen molar-refractivity contribution >= 4 is 5.97 Å². The van der Waals surface area contributed by atoms with E-state index in [2.05, 4.69) is 10.3 Å². The fraction of sp³-hybridized carbons (Fsp3) is 0.308. The maximum atomic E-state index is 12.7. The topological polar surface area (TPSA) is 77.2 Å². The molecular weight excluding hydrogens is 265 g/mol. The summed E-state index contributed by atoms with van der Waals surface area (Å²) in [5.74, 6) is -0.589. The van der Waals surface area contributed by atoms with Crippen LogP contribution in [0, 0.1) is 5.82 Å². The van der Waals surface area contributed by atoms with Gasteiger partial charge in [0.25, 0.3) is 0 Å². The number of ether oxygens (including phenoxy) is 1. The molecule has 1 aromatic heterocycles. The zero-order chi connectivity index (χ0) is 14.4. The lowest BCUT2D eigenvalue weighted by atomic mass is 10.2. The third-order valence-electron chi connectivity index (χ3n) is 2.58. The molecule has 1 N–H and O–H groups in total. The van der Waals surface area contributed by atoms with Crippen LogP contribution in [-0.4, -0.2) is 32.7 Å². The van der Waals surface area contributed by atoms with Crippen molar-refractivity contribution in [3.05, 3.63) is 42.0 Å². The number of halogens is 1. The molecule has 0 saturated carbocycles. The maximum absolute atomic E-state index is 12.7. The minimum absolute atomic E-state index is 0.0325. The number of aromatic nitrogens is 3. The van der Waals surface area contributed by atoms with Crippen LogP contribution in [0.2, 0.25) is 0 Å². The Balaban J connectivity index is 1.76. The van der Waals surface area contributed by atoms with Gasteiger partial charge in [-0.1, -0.05) is 5.21 Å². The molecule has 20 heavy (non-hydrogen) atoms. The lowest BCUT2D eigenvalue weighted by Crippen LogP contribution is -2.08. The van der Waals surface area contributed by atoms with E-state index in [0.29, 0.717) is 31.0 Å². The summed E-state index contributed by atoms with van der Waals surface area (Å²) in [6.45, 7) is 0.852. The third-order valence-corrected chi connectivity index (χ3v) is 2.58. The van der Waals surface area contributed by atoms with Gasteiger partial charge in [-0.05, 0) is 24.3 Å². The lowest BCUT2D eigenvalue weighted by Gasteiger charge is -2.05. The number of carbonyl (C=O) groups is 1. The van der Waals surface area contributed by atoms with Crippen LogP contribution in [0.15, 0.2) is 30.5 Å². The number of benzene rings is 1. The lowest BCUT2D eigenvalue weighted by molar-refractivity contribution is -0.136. The molecule has 0 saturated heterocycles. The SMILES string of the molecule is O=C(O)CCc1cn(CCOc2ccc(F)cc2)nn1. The van der Waals surface area contributed by atoms with Crippen molar-refractivity contribution < 1.29 is 19.0 Å². The first kappa shape index (κ1) is 14.0. The summed E-state index contributed by atoms with van der Waals surface area (Å²) in [6.07, 6.45) is 2.08. The Bertz CT molecular complexity index is 568. The molecule has 106 valence electrons. The van der Waals surface area contributed by atoms with Crippen LogP contribution in [0.3, 0.4) is 0 Å². The van der Waals surface area contributed by atoms with Crippen LogP contribution in [-0.2, 0) is 17.8 Å². The molecule has 0 bridgehead atoms. The van der Waals surface area contributed by atoms with E-state index in [1.54, 1.807) is 23.0 Å². The van der Waals surface area contributed by atoms with Crippen molar-refractivity contribution in [1.82, 2.24) is 15.0 Å². The molecular formula is C13H14FN3O3. The summed E-state index contributed by atoms with van der Waals surface area (Å²) in [6, 6.07) is 5.76. The quantitative estimate of drug-likeness (QED) is 0.831. The fourth-order valence-corrected chi connectivity index (χ4v) is 1.59. The summed E-state index contributed by atoms with van der Waals surface area (Å²) in [7, 11) is 0. The monoisotopic (exact) mass is 279 g/mol. The van der Waals surface area contributed by atoms with E-state index in [-0.39, 0.29) is 12.2 Å². The molecule has 0 spiro atoms. The summed E-state index contributed by atoms with van der Waals surface area (Å²) in [4.78, 5) is 10.4. The second-order valence-corrected chi connectivity index (χ2v) is 4.17. The van der Waals surface area contributed by atoms with Gasteiger partial charge in [-0.15, -0.1) is 5.10 Å².